The summed E-state index contributed by atoms with van der Waals surface area (Å²) in [6, 6.07) is 5.60. The van der Waals surface area contributed by atoms with Crippen molar-refractivity contribution in [3.63, 3.8) is 0 Å². The second-order valence-electron chi connectivity index (χ2n) is 6.62. The molecule has 0 aliphatic carbocycles. The number of carbonyl (C=O) groups is 1. The fraction of sp³-hybridized carbons (Fsp3) is 0.471. The van der Waals surface area contributed by atoms with Crippen LogP contribution in [0.5, 0.6) is 0 Å². The Hall–Kier alpha value is -2.21. The van der Waals surface area contributed by atoms with E-state index in [-0.39, 0.29) is 18.0 Å². The van der Waals surface area contributed by atoms with Gasteiger partial charge in [0.05, 0.1) is 11.3 Å². The summed E-state index contributed by atoms with van der Waals surface area (Å²) in [5.74, 6) is 0.0256. The molecule has 6 nitrogen and oxygen atoms in total. The van der Waals surface area contributed by atoms with E-state index in [4.69, 9.17) is 0 Å². The third kappa shape index (κ3) is 2.25. The van der Waals surface area contributed by atoms with Gasteiger partial charge in [-0.25, -0.2) is 0 Å². The molecule has 2 fully saturated rings. The van der Waals surface area contributed by atoms with E-state index in [9.17, 15) is 9.90 Å². The van der Waals surface area contributed by atoms with Gasteiger partial charge in [-0.2, -0.15) is 5.10 Å². The SMILES string of the molecule is Cn1nccc1C1(O)C[C@H]2CC[C@@H](C1)N2C(=O)c1cccnc1. The zero-order valence-corrected chi connectivity index (χ0v) is 13.1. The van der Waals surface area contributed by atoms with Gasteiger partial charge in [-0.05, 0) is 31.0 Å². The second kappa shape index (κ2) is 5.16. The van der Waals surface area contributed by atoms with E-state index in [2.05, 4.69) is 10.1 Å². The van der Waals surface area contributed by atoms with Crippen molar-refractivity contribution in [2.75, 3.05) is 0 Å². The van der Waals surface area contributed by atoms with E-state index in [1.165, 1.54) is 0 Å². The van der Waals surface area contributed by atoms with Gasteiger partial charge >= 0.3 is 0 Å². The Morgan fingerprint density at radius 2 is 2.00 bits per heavy atom. The number of nitrogens with zero attached hydrogens (tertiary/aromatic N) is 4. The van der Waals surface area contributed by atoms with Gasteiger partial charge in [0, 0.05) is 50.6 Å². The van der Waals surface area contributed by atoms with Crippen LogP contribution < -0.4 is 0 Å². The lowest BCUT2D eigenvalue weighted by molar-refractivity contribution is -0.0530. The average Bonchev–Trinajstić information content (AvgIpc) is 3.10. The number of hydrogen-bond donors (Lipinski definition) is 1. The molecule has 0 saturated carbocycles. The standard InChI is InChI=1S/C17H20N4O2/c1-20-15(6-8-19-20)17(23)9-13-4-5-14(10-17)21(13)16(22)12-3-2-7-18-11-12/h2-3,6-8,11,13-14,23H,4-5,9-10H2,1H3/t13-,14+,17?. The predicted molar refractivity (Wildman–Crippen MR) is 83.6 cm³/mol. The molecule has 3 atom stereocenters. The summed E-state index contributed by atoms with van der Waals surface area (Å²) < 4.78 is 1.73. The number of pyridine rings is 1. The number of piperidine rings is 1. The maximum absolute atomic E-state index is 12.8. The van der Waals surface area contributed by atoms with Crippen LogP contribution in [0.1, 0.15) is 41.7 Å². The summed E-state index contributed by atoms with van der Waals surface area (Å²) in [6.45, 7) is 0. The lowest BCUT2D eigenvalue weighted by atomic mass is 9.83. The zero-order valence-electron chi connectivity index (χ0n) is 13.1. The number of rotatable bonds is 2. The first-order chi connectivity index (χ1) is 11.1. The highest BCUT2D eigenvalue weighted by atomic mass is 16.3. The lowest BCUT2D eigenvalue weighted by Gasteiger charge is -2.43. The number of amides is 1. The van der Waals surface area contributed by atoms with E-state index in [0.717, 1.165) is 18.5 Å². The minimum absolute atomic E-state index is 0.0256. The van der Waals surface area contributed by atoms with Gasteiger partial charge in [-0.3, -0.25) is 14.5 Å². The quantitative estimate of drug-likeness (QED) is 0.911. The minimum atomic E-state index is -0.900. The van der Waals surface area contributed by atoms with Crippen LogP contribution in [0, 0.1) is 0 Å². The van der Waals surface area contributed by atoms with Crippen molar-refractivity contribution in [3.05, 3.63) is 48.0 Å². The molecule has 4 heterocycles. The average molecular weight is 312 g/mol. The van der Waals surface area contributed by atoms with Crippen LogP contribution in [-0.2, 0) is 12.6 Å². The summed E-state index contributed by atoms with van der Waals surface area (Å²) in [4.78, 5) is 18.8. The molecule has 1 N–H and O–H groups in total. The van der Waals surface area contributed by atoms with Gasteiger partial charge in [-0.15, -0.1) is 0 Å². The largest absolute Gasteiger partial charge is 0.383 e. The molecule has 2 aliphatic heterocycles. The molecule has 2 saturated heterocycles. The molecule has 2 aliphatic rings. The highest BCUT2D eigenvalue weighted by Gasteiger charge is 2.51. The topological polar surface area (TPSA) is 71.2 Å². The Balaban J connectivity index is 1.62. The Kier molecular flexibility index (Phi) is 3.23. The van der Waals surface area contributed by atoms with Crippen LogP contribution in [0.4, 0.5) is 0 Å². The monoisotopic (exact) mass is 312 g/mol. The molecule has 1 unspecified atom stereocenters. The molecule has 2 aromatic heterocycles. The van der Waals surface area contributed by atoms with E-state index >= 15 is 0 Å². The van der Waals surface area contributed by atoms with Crippen LogP contribution in [0.2, 0.25) is 0 Å². The van der Waals surface area contributed by atoms with Gasteiger partial charge in [0.2, 0.25) is 0 Å². The molecular formula is C17H20N4O2. The Morgan fingerprint density at radius 1 is 1.26 bits per heavy atom. The van der Waals surface area contributed by atoms with Crippen LogP contribution in [0.15, 0.2) is 36.8 Å². The first-order valence-corrected chi connectivity index (χ1v) is 8.02. The van der Waals surface area contributed by atoms with Gasteiger partial charge < -0.3 is 10.0 Å². The Labute approximate surface area is 134 Å². The number of hydrogen-bond acceptors (Lipinski definition) is 4. The van der Waals surface area contributed by atoms with Gasteiger partial charge in [-0.1, -0.05) is 0 Å². The Morgan fingerprint density at radius 3 is 2.57 bits per heavy atom. The number of aliphatic hydroxyl groups is 1. The maximum atomic E-state index is 12.8. The maximum Gasteiger partial charge on any atom is 0.255 e. The van der Waals surface area contributed by atoms with E-state index in [1.807, 2.05) is 18.0 Å². The zero-order chi connectivity index (χ0) is 16.0. The lowest BCUT2D eigenvalue weighted by Crippen LogP contribution is -2.52. The fourth-order valence-corrected chi connectivity index (χ4v) is 4.23. The van der Waals surface area contributed by atoms with Crippen molar-refractivity contribution in [2.45, 2.75) is 43.4 Å². The Bertz CT molecular complexity index is 713. The van der Waals surface area contributed by atoms with Crippen LogP contribution in [-0.4, -0.2) is 42.8 Å². The van der Waals surface area contributed by atoms with Crippen molar-refractivity contribution in [1.29, 1.82) is 0 Å². The van der Waals surface area contributed by atoms with Gasteiger partial charge in [0.1, 0.15) is 5.60 Å². The third-order valence-electron chi connectivity index (χ3n) is 5.21. The summed E-state index contributed by atoms with van der Waals surface area (Å²) in [5.41, 5.74) is 0.557. The normalized spacial score (nSPS) is 29.7. The number of aryl methyl sites for hydroxylation is 1. The van der Waals surface area contributed by atoms with Crippen LogP contribution in [0.25, 0.3) is 0 Å². The first-order valence-electron chi connectivity index (χ1n) is 8.02. The molecule has 0 spiro atoms. The molecule has 0 aromatic carbocycles. The fourth-order valence-electron chi connectivity index (χ4n) is 4.23. The summed E-state index contributed by atoms with van der Waals surface area (Å²) in [5, 5.41) is 15.3. The highest BCUT2D eigenvalue weighted by Crippen LogP contribution is 2.45. The van der Waals surface area contributed by atoms with Crippen molar-refractivity contribution in [1.82, 2.24) is 19.7 Å². The smallest absolute Gasteiger partial charge is 0.255 e. The van der Waals surface area contributed by atoms with E-state index < -0.39 is 5.60 Å². The summed E-state index contributed by atoms with van der Waals surface area (Å²) >= 11 is 0. The molecular weight excluding hydrogens is 292 g/mol. The molecule has 2 bridgehead atoms. The van der Waals surface area contributed by atoms with Gasteiger partial charge in [0.25, 0.3) is 5.91 Å². The summed E-state index contributed by atoms with van der Waals surface area (Å²) in [6.07, 6.45) is 8.01. The van der Waals surface area contributed by atoms with E-state index in [1.54, 1.807) is 35.4 Å². The molecule has 1 amide bonds. The van der Waals surface area contributed by atoms with Crippen molar-refractivity contribution < 1.29 is 9.90 Å². The molecule has 0 radical (unpaired) electrons. The number of carbonyl (C=O) groups excluding carboxylic acids is 1. The third-order valence-corrected chi connectivity index (χ3v) is 5.21. The predicted octanol–water partition coefficient (Wildman–Crippen LogP) is 1.47. The minimum Gasteiger partial charge on any atom is -0.383 e. The molecule has 4 rings (SSSR count). The molecule has 6 heteroatoms. The van der Waals surface area contributed by atoms with Crippen molar-refractivity contribution >= 4 is 5.91 Å². The number of aromatic nitrogens is 3. The molecule has 2 aromatic rings. The van der Waals surface area contributed by atoms with Crippen LogP contribution in [0.3, 0.4) is 0 Å². The van der Waals surface area contributed by atoms with Gasteiger partial charge in [0.15, 0.2) is 0 Å². The molecule has 23 heavy (non-hydrogen) atoms. The van der Waals surface area contributed by atoms with E-state index in [0.29, 0.717) is 18.4 Å². The van der Waals surface area contributed by atoms with Crippen molar-refractivity contribution in [3.8, 4) is 0 Å². The van der Waals surface area contributed by atoms with Crippen LogP contribution >= 0.6 is 0 Å². The molecule has 120 valence electrons. The first kappa shape index (κ1) is 14.4. The van der Waals surface area contributed by atoms with Crippen molar-refractivity contribution in [2.24, 2.45) is 7.05 Å². The highest BCUT2D eigenvalue weighted by molar-refractivity contribution is 5.94. The number of fused-ring (bicyclic) bond motifs is 2. The summed E-state index contributed by atoms with van der Waals surface area (Å²) in [7, 11) is 1.85. The second-order valence-corrected chi connectivity index (χ2v) is 6.62.